The number of carbonyl (C=O) groups excluding carboxylic acids is 3. The molecule has 0 bridgehead atoms. The lowest BCUT2D eigenvalue weighted by molar-refractivity contribution is -0.144. The first-order valence-electron chi connectivity index (χ1n) is 13.3. The van der Waals surface area contributed by atoms with Crippen molar-refractivity contribution < 1.29 is 63.9 Å². The molecule has 0 fully saturated rings. The molecule has 6 N–H and O–H groups in total. The van der Waals surface area contributed by atoms with Crippen molar-refractivity contribution in [3.63, 3.8) is 0 Å². The number of hydrogen-bond donors (Lipinski definition) is 6. The Labute approximate surface area is 246 Å². The van der Waals surface area contributed by atoms with Gasteiger partial charge in [0.05, 0.1) is 32.7 Å². The number of carboxylic acid groups (broad SMARTS) is 5. The molecule has 0 aromatic rings. The van der Waals surface area contributed by atoms with Gasteiger partial charge < -0.3 is 30.8 Å². The molecule has 43 heavy (non-hydrogen) atoms. The van der Waals surface area contributed by atoms with Crippen LogP contribution in [-0.2, 0) is 38.4 Å². The second-order valence-electron chi connectivity index (χ2n) is 9.73. The van der Waals surface area contributed by atoms with Crippen molar-refractivity contribution in [3.8, 4) is 0 Å². The predicted octanol–water partition coefficient (Wildman–Crippen LogP) is -2.71. The van der Waals surface area contributed by atoms with Gasteiger partial charge in [-0.3, -0.25) is 58.0 Å². The van der Waals surface area contributed by atoms with E-state index in [2.05, 4.69) is 5.32 Å². The topological polar surface area (TPSA) is 263 Å². The van der Waals surface area contributed by atoms with Gasteiger partial charge in [-0.25, -0.2) is 0 Å². The summed E-state index contributed by atoms with van der Waals surface area (Å²) in [6.07, 6.45) is 3.03. The number of aliphatic carboxylic acids is 5. The van der Waals surface area contributed by atoms with E-state index in [1.807, 2.05) is 0 Å². The third-order valence-electron chi connectivity index (χ3n) is 6.22. The fourth-order valence-electron chi connectivity index (χ4n) is 4.34. The normalized spacial score (nSPS) is 13.6. The summed E-state index contributed by atoms with van der Waals surface area (Å²) in [7, 11) is 0. The first kappa shape index (κ1) is 36.6. The van der Waals surface area contributed by atoms with Gasteiger partial charge in [0.15, 0.2) is 0 Å². The highest BCUT2D eigenvalue weighted by atomic mass is 16.4. The Bertz CT molecular complexity index is 1030. The molecular formula is C25H37N5O13. The Balaban J connectivity index is 2.85. The standard InChI is InChI=1S/C25H37N5O13/c31-18(6-8-30-19(32)4-5-20(30)33)26-7-2-1-3-17(29(15-24(40)41)16-25(42)43)11-27(12-21(34)35)9-10-28(13-22(36)37)14-23(38)39/h4-5,17H,1-3,6-16H2,(H,26,31)(H,34,35)(H,36,37)(H,38,39)(H,40,41)(H,42,43). The molecule has 240 valence electrons. The third-order valence-corrected chi connectivity index (χ3v) is 6.22. The van der Waals surface area contributed by atoms with Gasteiger partial charge in [0.1, 0.15) is 0 Å². The van der Waals surface area contributed by atoms with Crippen molar-refractivity contribution in [2.45, 2.75) is 31.7 Å². The summed E-state index contributed by atoms with van der Waals surface area (Å²) in [5.74, 6) is -7.91. The highest BCUT2D eigenvalue weighted by Gasteiger charge is 2.27. The summed E-state index contributed by atoms with van der Waals surface area (Å²) in [6, 6.07) is -0.783. The minimum absolute atomic E-state index is 0.0896. The number of nitrogens with zero attached hydrogens (tertiary/aromatic N) is 4. The lowest BCUT2D eigenvalue weighted by Crippen LogP contribution is -2.50. The number of rotatable bonds is 24. The van der Waals surface area contributed by atoms with Crippen molar-refractivity contribution in [3.05, 3.63) is 12.2 Å². The van der Waals surface area contributed by atoms with Gasteiger partial charge >= 0.3 is 29.8 Å². The quantitative estimate of drug-likeness (QED) is 0.0476. The predicted molar refractivity (Wildman–Crippen MR) is 144 cm³/mol. The molecule has 1 rings (SSSR count). The van der Waals surface area contributed by atoms with E-state index < -0.39 is 86.3 Å². The van der Waals surface area contributed by atoms with E-state index >= 15 is 0 Å². The van der Waals surface area contributed by atoms with Gasteiger partial charge in [-0.1, -0.05) is 6.42 Å². The van der Waals surface area contributed by atoms with Crippen molar-refractivity contribution in [2.24, 2.45) is 0 Å². The lowest BCUT2D eigenvalue weighted by Gasteiger charge is -2.34. The molecule has 1 aliphatic heterocycles. The zero-order chi connectivity index (χ0) is 32.5. The van der Waals surface area contributed by atoms with Crippen LogP contribution in [0.4, 0.5) is 0 Å². The Morgan fingerprint density at radius 1 is 0.698 bits per heavy atom. The maximum atomic E-state index is 12.1. The van der Waals surface area contributed by atoms with Crippen molar-refractivity contribution >= 4 is 47.6 Å². The van der Waals surface area contributed by atoms with E-state index in [4.69, 9.17) is 10.2 Å². The zero-order valence-corrected chi connectivity index (χ0v) is 23.4. The second kappa shape index (κ2) is 18.9. The molecule has 0 radical (unpaired) electrons. The van der Waals surface area contributed by atoms with Crippen LogP contribution in [0.3, 0.4) is 0 Å². The molecule has 18 nitrogen and oxygen atoms in total. The number of unbranched alkanes of at least 4 members (excludes halogenated alkanes) is 1. The van der Waals surface area contributed by atoms with Crippen molar-refractivity contribution in [1.82, 2.24) is 24.9 Å². The van der Waals surface area contributed by atoms with Crippen LogP contribution in [0.1, 0.15) is 25.7 Å². The minimum Gasteiger partial charge on any atom is -0.480 e. The number of imide groups is 1. The first-order valence-corrected chi connectivity index (χ1v) is 13.3. The van der Waals surface area contributed by atoms with E-state index in [0.29, 0.717) is 12.8 Å². The van der Waals surface area contributed by atoms with Gasteiger partial charge in [-0.15, -0.1) is 0 Å². The third kappa shape index (κ3) is 16.0. The molecule has 0 saturated heterocycles. The van der Waals surface area contributed by atoms with Crippen molar-refractivity contribution in [1.29, 1.82) is 0 Å². The number of carboxylic acids is 5. The number of amides is 3. The fourth-order valence-corrected chi connectivity index (χ4v) is 4.34. The van der Waals surface area contributed by atoms with E-state index in [9.17, 15) is 53.7 Å². The average Bonchev–Trinajstić information content (AvgIpc) is 3.19. The second-order valence-corrected chi connectivity index (χ2v) is 9.73. The maximum Gasteiger partial charge on any atom is 0.317 e. The van der Waals surface area contributed by atoms with Gasteiger partial charge in [0.2, 0.25) is 5.91 Å². The summed E-state index contributed by atoms with van der Waals surface area (Å²) in [4.78, 5) is 96.4. The molecule has 1 unspecified atom stereocenters. The minimum atomic E-state index is -1.32. The molecular weight excluding hydrogens is 578 g/mol. The van der Waals surface area contributed by atoms with E-state index in [-0.39, 0.29) is 45.6 Å². The Morgan fingerprint density at radius 2 is 1.16 bits per heavy atom. The maximum absolute atomic E-state index is 12.1. The summed E-state index contributed by atoms with van der Waals surface area (Å²) in [5.41, 5.74) is 0. The van der Waals surface area contributed by atoms with E-state index in [0.717, 1.165) is 26.9 Å². The fraction of sp³-hybridized carbons (Fsp3) is 0.600. The van der Waals surface area contributed by atoms with Crippen LogP contribution >= 0.6 is 0 Å². The molecule has 3 amide bonds. The van der Waals surface area contributed by atoms with Gasteiger partial charge in [-0.2, -0.15) is 0 Å². The average molecular weight is 616 g/mol. The molecule has 0 aliphatic carbocycles. The van der Waals surface area contributed by atoms with Crippen LogP contribution < -0.4 is 5.32 Å². The van der Waals surface area contributed by atoms with Crippen LogP contribution in [0.25, 0.3) is 0 Å². The SMILES string of the molecule is O=C(O)CN(CCN(CC(=O)O)CC(CCCCNC(=O)CCN1C(=O)C=CC1=O)N(CC(=O)O)CC(=O)O)CC(=O)O. The number of nitrogens with one attached hydrogen (secondary N) is 1. The molecule has 0 spiro atoms. The van der Waals surface area contributed by atoms with Crippen LogP contribution in [0.2, 0.25) is 0 Å². The van der Waals surface area contributed by atoms with E-state index in [1.165, 1.54) is 4.90 Å². The molecule has 0 saturated carbocycles. The van der Waals surface area contributed by atoms with E-state index in [1.54, 1.807) is 0 Å². The Hall–Kier alpha value is -4.42. The smallest absolute Gasteiger partial charge is 0.317 e. The van der Waals surface area contributed by atoms with Crippen LogP contribution in [0.5, 0.6) is 0 Å². The molecule has 1 aliphatic rings. The molecule has 1 heterocycles. The summed E-state index contributed by atoms with van der Waals surface area (Å²) < 4.78 is 0. The molecule has 0 aromatic heterocycles. The molecule has 1 atom stereocenters. The van der Waals surface area contributed by atoms with Gasteiger partial charge in [-0.05, 0) is 12.8 Å². The first-order chi connectivity index (χ1) is 20.2. The molecule has 0 aromatic carbocycles. The summed E-state index contributed by atoms with van der Waals surface area (Å²) >= 11 is 0. The van der Waals surface area contributed by atoms with Crippen LogP contribution in [0.15, 0.2) is 12.2 Å². The Kier molecular flexibility index (Phi) is 16.1. The van der Waals surface area contributed by atoms with Gasteiger partial charge in [0.25, 0.3) is 11.8 Å². The highest BCUT2D eigenvalue weighted by Crippen LogP contribution is 2.12. The van der Waals surface area contributed by atoms with Crippen molar-refractivity contribution in [2.75, 3.05) is 65.4 Å². The zero-order valence-electron chi connectivity index (χ0n) is 23.4. The highest BCUT2D eigenvalue weighted by molar-refractivity contribution is 6.13. The lowest BCUT2D eigenvalue weighted by atomic mass is 10.1. The van der Waals surface area contributed by atoms with Crippen LogP contribution in [-0.4, -0.2) is 164 Å². The summed E-state index contributed by atoms with van der Waals surface area (Å²) in [5, 5.41) is 48.8. The summed E-state index contributed by atoms with van der Waals surface area (Å²) in [6.45, 7) is -3.41. The number of hydrogen-bond acceptors (Lipinski definition) is 11. The number of carbonyl (C=O) groups is 8. The van der Waals surface area contributed by atoms with Gasteiger partial charge in [0, 0.05) is 57.3 Å². The Morgan fingerprint density at radius 3 is 1.65 bits per heavy atom. The largest absolute Gasteiger partial charge is 0.480 e. The molecule has 18 heteroatoms. The monoisotopic (exact) mass is 615 g/mol. The van der Waals surface area contributed by atoms with Crippen LogP contribution in [0, 0.1) is 0 Å².